The van der Waals surface area contributed by atoms with Crippen molar-refractivity contribution in [1.82, 2.24) is 15.2 Å². The van der Waals surface area contributed by atoms with Gasteiger partial charge < -0.3 is 9.73 Å². The summed E-state index contributed by atoms with van der Waals surface area (Å²) in [6, 6.07) is 13.9. The van der Waals surface area contributed by atoms with Crippen LogP contribution in [-0.4, -0.2) is 35.4 Å². The van der Waals surface area contributed by atoms with Crippen molar-refractivity contribution in [2.45, 2.75) is 25.3 Å². The molecule has 1 amide bonds. The lowest BCUT2D eigenvalue weighted by Crippen LogP contribution is -2.40. The number of rotatable bonds is 6. The highest BCUT2D eigenvalue weighted by Crippen LogP contribution is 2.24. The molecule has 5 nitrogen and oxygen atoms in total. The molecule has 3 heterocycles. The predicted molar refractivity (Wildman–Crippen MR) is 111 cm³/mol. The maximum atomic E-state index is 12.4. The summed E-state index contributed by atoms with van der Waals surface area (Å²) in [4.78, 5) is 19.3. The van der Waals surface area contributed by atoms with Gasteiger partial charge in [-0.15, -0.1) is 0 Å². The Labute approximate surface area is 165 Å². The molecule has 1 saturated heterocycles. The van der Waals surface area contributed by atoms with Crippen LogP contribution in [0.5, 0.6) is 0 Å². The summed E-state index contributed by atoms with van der Waals surface area (Å²) < 4.78 is 5.64. The first-order valence-electron chi connectivity index (χ1n) is 9.88. The normalized spacial score (nSPS) is 16.4. The number of hydrogen-bond acceptors (Lipinski definition) is 4. The van der Waals surface area contributed by atoms with E-state index in [-0.39, 0.29) is 11.9 Å². The lowest BCUT2D eigenvalue weighted by atomic mass is 10.1. The first kappa shape index (κ1) is 18.4. The lowest BCUT2D eigenvalue weighted by molar-refractivity contribution is -0.116. The minimum absolute atomic E-state index is 0.0758. The van der Waals surface area contributed by atoms with Gasteiger partial charge in [-0.05, 0) is 50.2 Å². The van der Waals surface area contributed by atoms with Crippen LogP contribution in [0.4, 0.5) is 0 Å². The molecule has 3 aromatic rings. The molecule has 0 spiro atoms. The van der Waals surface area contributed by atoms with Crippen molar-refractivity contribution in [3.05, 3.63) is 72.3 Å². The number of carbonyl (C=O) groups is 1. The van der Waals surface area contributed by atoms with Gasteiger partial charge >= 0.3 is 0 Å². The molecule has 0 aliphatic carbocycles. The summed E-state index contributed by atoms with van der Waals surface area (Å²) in [6.07, 6.45) is 10.5. The Morgan fingerprint density at radius 2 is 2.00 bits per heavy atom. The topological polar surface area (TPSA) is 58.4 Å². The Balaban J connectivity index is 1.42. The van der Waals surface area contributed by atoms with Crippen molar-refractivity contribution >= 4 is 22.9 Å². The number of likely N-dealkylation sites (tertiary alicyclic amines) is 1. The average molecular weight is 375 g/mol. The smallest absolute Gasteiger partial charge is 0.244 e. The SMILES string of the molecule is O=C(/C=C/c1cccc2cccnc12)NCC(c1ccco1)N1CCCCC1. The van der Waals surface area contributed by atoms with E-state index in [2.05, 4.69) is 15.2 Å². The minimum Gasteiger partial charge on any atom is -0.468 e. The zero-order valence-electron chi connectivity index (χ0n) is 15.9. The number of benzene rings is 1. The number of para-hydroxylation sites is 1. The number of aromatic nitrogens is 1. The summed E-state index contributed by atoms with van der Waals surface area (Å²) in [5.74, 6) is 0.797. The van der Waals surface area contributed by atoms with Gasteiger partial charge in [0.05, 0.1) is 17.8 Å². The molecule has 1 aromatic carbocycles. The number of amides is 1. The number of carbonyl (C=O) groups excluding carboxylic acids is 1. The molecule has 1 fully saturated rings. The third-order valence-electron chi connectivity index (χ3n) is 5.25. The minimum atomic E-state index is -0.110. The molecule has 1 aliphatic heterocycles. The summed E-state index contributed by atoms with van der Waals surface area (Å²) in [5, 5.41) is 4.10. The van der Waals surface area contributed by atoms with E-state index in [9.17, 15) is 4.79 Å². The fraction of sp³-hybridized carbons (Fsp3) is 0.304. The monoisotopic (exact) mass is 375 g/mol. The van der Waals surface area contributed by atoms with Crippen LogP contribution in [-0.2, 0) is 4.79 Å². The molecule has 5 heteroatoms. The third-order valence-corrected chi connectivity index (χ3v) is 5.25. The van der Waals surface area contributed by atoms with Gasteiger partial charge in [-0.2, -0.15) is 0 Å². The van der Waals surface area contributed by atoms with Crippen LogP contribution in [0.15, 0.2) is 65.4 Å². The summed E-state index contributed by atoms with van der Waals surface area (Å²) in [5.41, 5.74) is 1.84. The second kappa shape index (κ2) is 8.85. The second-order valence-corrected chi connectivity index (χ2v) is 7.13. The maximum absolute atomic E-state index is 12.4. The third kappa shape index (κ3) is 4.31. The Kier molecular flexibility index (Phi) is 5.83. The van der Waals surface area contributed by atoms with Crippen LogP contribution in [0.1, 0.15) is 36.6 Å². The van der Waals surface area contributed by atoms with E-state index in [1.807, 2.05) is 48.5 Å². The Morgan fingerprint density at radius 1 is 1.14 bits per heavy atom. The molecule has 1 N–H and O–H groups in total. The predicted octanol–water partition coefficient (Wildman–Crippen LogP) is 4.18. The highest BCUT2D eigenvalue weighted by atomic mass is 16.3. The molecule has 0 saturated carbocycles. The molecular weight excluding hydrogens is 350 g/mol. The lowest BCUT2D eigenvalue weighted by Gasteiger charge is -2.33. The van der Waals surface area contributed by atoms with Gasteiger partial charge in [0.25, 0.3) is 0 Å². The van der Waals surface area contributed by atoms with Gasteiger partial charge in [-0.1, -0.05) is 30.7 Å². The number of furan rings is 1. The fourth-order valence-corrected chi connectivity index (χ4v) is 3.80. The van der Waals surface area contributed by atoms with Crippen LogP contribution in [0.25, 0.3) is 17.0 Å². The number of nitrogens with one attached hydrogen (secondary N) is 1. The van der Waals surface area contributed by atoms with Crippen LogP contribution in [0.2, 0.25) is 0 Å². The van der Waals surface area contributed by atoms with Crippen LogP contribution in [0.3, 0.4) is 0 Å². The van der Waals surface area contributed by atoms with Crippen molar-refractivity contribution in [2.24, 2.45) is 0 Å². The van der Waals surface area contributed by atoms with Gasteiger partial charge in [0, 0.05) is 29.8 Å². The molecule has 28 heavy (non-hydrogen) atoms. The van der Waals surface area contributed by atoms with Crippen molar-refractivity contribution in [1.29, 1.82) is 0 Å². The molecule has 0 radical (unpaired) electrons. The van der Waals surface area contributed by atoms with E-state index in [0.29, 0.717) is 6.54 Å². The molecular formula is C23H25N3O2. The highest BCUT2D eigenvalue weighted by molar-refractivity contribution is 5.95. The van der Waals surface area contributed by atoms with Gasteiger partial charge in [-0.25, -0.2) is 0 Å². The van der Waals surface area contributed by atoms with Crippen molar-refractivity contribution in [3.8, 4) is 0 Å². The zero-order valence-corrected chi connectivity index (χ0v) is 15.9. The van der Waals surface area contributed by atoms with E-state index in [1.165, 1.54) is 19.3 Å². The van der Waals surface area contributed by atoms with Crippen LogP contribution >= 0.6 is 0 Å². The standard InChI is InChI=1S/C23H25N3O2/c27-22(12-11-19-8-4-7-18-9-5-13-24-23(18)19)25-17-20(21-10-6-16-28-21)26-14-2-1-3-15-26/h4-13,16,20H,1-3,14-15,17H2,(H,25,27)/b12-11+. The van der Waals surface area contributed by atoms with Gasteiger partial charge in [0.1, 0.15) is 5.76 Å². The van der Waals surface area contributed by atoms with Crippen molar-refractivity contribution in [3.63, 3.8) is 0 Å². The van der Waals surface area contributed by atoms with E-state index in [4.69, 9.17) is 4.42 Å². The Morgan fingerprint density at radius 3 is 2.82 bits per heavy atom. The van der Waals surface area contributed by atoms with E-state index < -0.39 is 0 Å². The number of piperidine rings is 1. The summed E-state index contributed by atoms with van der Waals surface area (Å²) in [6.45, 7) is 2.61. The molecule has 4 rings (SSSR count). The van der Waals surface area contributed by atoms with Gasteiger partial charge in [0.2, 0.25) is 5.91 Å². The van der Waals surface area contributed by atoms with Gasteiger partial charge in [0.15, 0.2) is 0 Å². The zero-order chi connectivity index (χ0) is 19.2. The number of fused-ring (bicyclic) bond motifs is 1. The number of nitrogens with zero attached hydrogens (tertiary/aromatic N) is 2. The van der Waals surface area contributed by atoms with E-state index in [1.54, 1.807) is 18.5 Å². The quantitative estimate of drug-likeness (QED) is 0.657. The number of pyridine rings is 1. The molecule has 1 aliphatic rings. The Hall–Kier alpha value is -2.92. The fourth-order valence-electron chi connectivity index (χ4n) is 3.80. The molecule has 1 atom stereocenters. The Bertz CT molecular complexity index is 938. The van der Waals surface area contributed by atoms with Crippen LogP contribution in [0, 0.1) is 0 Å². The molecule has 2 aromatic heterocycles. The summed E-state index contributed by atoms with van der Waals surface area (Å²) in [7, 11) is 0. The van der Waals surface area contributed by atoms with E-state index in [0.717, 1.165) is 35.3 Å². The molecule has 1 unspecified atom stereocenters. The second-order valence-electron chi connectivity index (χ2n) is 7.13. The van der Waals surface area contributed by atoms with Crippen molar-refractivity contribution < 1.29 is 9.21 Å². The molecule has 144 valence electrons. The van der Waals surface area contributed by atoms with Crippen molar-refractivity contribution in [2.75, 3.05) is 19.6 Å². The summed E-state index contributed by atoms with van der Waals surface area (Å²) >= 11 is 0. The molecule has 0 bridgehead atoms. The van der Waals surface area contributed by atoms with Crippen LogP contribution < -0.4 is 5.32 Å². The highest BCUT2D eigenvalue weighted by Gasteiger charge is 2.24. The number of hydrogen-bond donors (Lipinski definition) is 1. The average Bonchev–Trinajstić information content (AvgIpc) is 3.28. The first-order valence-corrected chi connectivity index (χ1v) is 9.88. The maximum Gasteiger partial charge on any atom is 0.244 e. The van der Waals surface area contributed by atoms with Gasteiger partial charge in [-0.3, -0.25) is 14.7 Å². The first-order chi connectivity index (χ1) is 13.8. The van der Waals surface area contributed by atoms with E-state index >= 15 is 0 Å². The largest absolute Gasteiger partial charge is 0.468 e.